The molecule has 0 saturated carbocycles. The summed E-state index contributed by atoms with van der Waals surface area (Å²) in [6, 6.07) is 12.6. The van der Waals surface area contributed by atoms with Crippen LogP contribution in [0.15, 0.2) is 42.5 Å². The van der Waals surface area contributed by atoms with Crippen LogP contribution in [-0.2, 0) is 5.75 Å². The van der Waals surface area contributed by atoms with Gasteiger partial charge in [0.25, 0.3) is 0 Å². The van der Waals surface area contributed by atoms with E-state index >= 15 is 0 Å². The van der Waals surface area contributed by atoms with E-state index in [1.54, 1.807) is 12.1 Å². The number of benzene rings is 2. The van der Waals surface area contributed by atoms with Gasteiger partial charge in [0.15, 0.2) is 11.6 Å². The molecule has 0 fully saturated rings. The molecule has 3 rings (SSSR count). The Morgan fingerprint density at radius 1 is 1.14 bits per heavy atom. The van der Waals surface area contributed by atoms with Gasteiger partial charge < -0.3 is 5.32 Å². The summed E-state index contributed by atoms with van der Waals surface area (Å²) in [7, 11) is 0. The van der Waals surface area contributed by atoms with Crippen LogP contribution in [-0.4, -0.2) is 5.75 Å². The van der Waals surface area contributed by atoms with Crippen LogP contribution in [0.1, 0.15) is 35.7 Å². The molecule has 0 bridgehead atoms. The molecule has 1 nitrogen and oxygen atoms in total. The summed E-state index contributed by atoms with van der Waals surface area (Å²) in [4.78, 5) is 0. The lowest BCUT2D eigenvalue weighted by molar-refractivity contribution is 0.449. The fourth-order valence-corrected chi connectivity index (χ4v) is 3.88. The predicted molar refractivity (Wildman–Crippen MR) is 83.3 cm³/mol. The molecular weight excluding hydrogens is 288 g/mol. The Kier molecular flexibility index (Phi) is 4.27. The second kappa shape index (κ2) is 6.16. The van der Waals surface area contributed by atoms with E-state index in [0.717, 1.165) is 17.6 Å². The highest BCUT2D eigenvalue weighted by molar-refractivity contribution is 7.98. The first-order chi connectivity index (χ1) is 10.2. The van der Waals surface area contributed by atoms with Crippen molar-refractivity contribution >= 4 is 11.8 Å². The topological polar surface area (TPSA) is 12.0 Å². The maximum absolute atomic E-state index is 13.9. The molecule has 0 spiro atoms. The van der Waals surface area contributed by atoms with Gasteiger partial charge in [-0.1, -0.05) is 36.4 Å². The molecule has 2 unspecified atom stereocenters. The van der Waals surface area contributed by atoms with Gasteiger partial charge in [-0.2, -0.15) is 11.8 Å². The number of hydrogen-bond donors (Lipinski definition) is 1. The van der Waals surface area contributed by atoms with Gasteiger partial charge in [0.05, 0.1) is 0 Å². The van der Waals surface area contributed by atoms with Crippen molar-refractivity contribution < 1.29 is 8.78 Å². The summed E-state index contributed by atoms with van der Waals surface area (Å²) < 4.78 is 27.2. The van der Waals surface area contributed by atoms with E-state index in [-0.39, 0.29) is 12.1 Å². The molecule has 1 N–H and O–H groups in total. The summed E-state index contributed by atoms with van der Waals surface area (Å²) in [5.41, 5.74) is 2.96. The first-order valence-corrected chi connectivity index (χ1v) is 8.18. The van der Waals surface area contributed by atoms with Crippen LogP contribution in [0.2, 0.25) is 0 Å². The Hall–Kier alpha value is -1.39. The lowest BCUT2D eigenvalue weighted by Gasteiger charge is -2.29. The monoisotopic (exact) mass is 305 g/mol. The first-order valence-electron chi connectivity index (χ1n) is 7.02. The molecule has 2 aromatic carbocycles. The van der Waals surface area contributed by atoms with Crippen molar-refractivity contribution in [2.24, 2.45) is 0 Å². The Bertz CT molecular complexity index is 644. The van der Waals surface area contributed by atoms with Crippen LogP contribution in [0.4, 0.5) is 8.78 Å². The summed E-state index contributed by atoms with van der Waals surface area (Å²) in [6.07, 6.45) is 0. The van der Waals surface area contributed by atoms with Crippen LogP contribution in [0.25, 0.3) is 0 Å². The summed E-state index contributed by atoms with van der Waals surface area (Å²) in [5.74, 6) is 0.406. The van der Waals surface area contributed by atoms with Crippen LogP contribution in [0.3, 0.4) is 0 Å². The number of halogens is 2. The van der Waals surface area contributed by atoms with Crippen molar-refractivity contribution in [3.63, 3.8) is 0 Å². The highest BCUT2D eigenvalue weighted by Gasteiger charge is 2.23. The highest BCUT2D eigenvalue weighted by Crippen LogP contribution is 2.33. The number of rotatable bonds is 3. The summed E-state index contributed by atoms with van der Waals surface area (Å²) in [6.45, 7) is 1.87. The second-order valence-corrected chi connectivity index (χ2v) is 6.33. The number of thioether (sulfide) groups is 1. The Morgan fingerprint density at radius 2 is 1.95 bits per heavy atom. The zero-order chi connectivity index (χ0) is 14.8. The second-order valence-electron chi connectivity index (χ2n) is 5.30. The highest BCUT2D eigenvalue weighted by atomic mass is 32.2. The molecule has 0 aromatic heterocycles. The zero-order valence-corrected chi connectivity index (χ0v) is 12.6. The molecule has 0 amide bonds. The van der Waals surface area contributed by atoms with Crippen LogP contribution >= 0.6 is 11.8 Å². The van der Waals surface area contributed by atoms with E-state index in [9.17, 15) is 8.78 Å². The molecule has 21 heavy (non-hydrogen) atoms. The fourth-order valence-electron chi connectivity index (χ4n) is 2.77. The zero-order valence-electron chi connectivity index (χ0n) is 11.8. The third kappa shape index (κ3) is 2.97. The van der Waals surface area contributed by atoms with Crippen LogP contribution in [0.5, 0.6) is 0 Å². The predicted octanol–water partition coefficient (Wildman–Crippen LogP) is 4.60. The fraction of sp³-hybridized carbons (Fsp3) is 0.294. The molecule has 1 aliphatic heterocycles. The SMILES string of the molecule is CC(NC1CSCc2ccccc21)c1cccc(F)c1F. The van der Waals surface area contributed by atoms with Crippen molar-refractivity contribution in [2.75, 3.05) is 5.75 Å². The lowest BCUT2D eigenvalue weighted by atomic mass is 9.99. The Balaban J connectivity index is 1.83. The molecule has 4 heteroatoms. The molecular formula is C17H17F2NS. The van der Waals surface area contributed by atoms with E-state index in [1.807, 2.05) is 30.8 Å². The van der Waals surface area contributed by atoms with Crippen molar-refractivity contribution in [2.45, 2.75) is 24.8 Å². The molecule has 2 aromatic rings. The van der Waals surface area contributed by atoms with E-state index in [4.69, 9.17) is 0 Å². The molecule has 1 heterocycles. The van der Waals surface area contributed by atoms with Crippen molar-refractivity contribution in [1.29, 1.82) is 0 Å². The average molecular weight is 305 g/mol. The van der Waals surface area contributed by atoms with Gasteiger partial charge in [0.1, 0.15) is 0 Å². The molecule has 0 aliphatic carbocycles. The Labute approximate surface area is 127 Å². The lowest BCUT2D eigenvalue weighted by Crippen LogP contribution is -2.29. The minimum atomic E-state index is -0.792. The molecule has 0 saturated heterocycles. The van der Waals surface area contributed by atoms with Crippen LogP contribution < -0.4 is 5.32 Å². The maximum atomic E-state index is 13.9. The molecule has 1 aliphatic rings. The molecule has 110 valence electrons. The smallest absolute Gasteiger partial charge is 0.163 e. The summed E-state index contributed by atoms with van der Waals surface area (Å²) >= 11 is 1.86. The quantitative estimate of drug-likeness (QED) is 0.889. The Morgan fingerprint density at radius 3 is 2.81 bits per heavy atom. The van der Waals surface area contributed by atoms with Gasteiger partial charge in [0.2, 0.25) is 0 Å². The molecule has 0 radical (unpaired) electrons. The maximum Gasteiger partial charge on any atom is 0.163 e. The third-order valence-corrected chi connectivity index (χ3v) is 4.96. The van der Waals surface area contributed by atoms with Gasteiger partial charge in [-0.3, -0.25) is 0 Å². The van der Waals surface area contributed by atoms with Crippen molar-refractivity contribution in [3.8, 4) is 0 Å². The van der Waals surface area contributed by atoms with Gasteiger partial charge in [-0.15, -0.1) is 0 Å². The van der Waals surface area contributed by atoms with Crippen LogP contribution in [0, 0.1) is 11.6 Å². The van der Waals surface area contributed by atoms with Crippen molar-refractivity contribution in [1.82, 2.24) is 5.32 Å². The standard InChI is InChI=1S/C17H17F2NS/c1-11(13-7-4-8-15(18)17(13)19)20-16-10-21-9-12-5-2-3-6-14(12)16/h2-8,11,16,20H,9-10H2,1H3. The minimum absolute atomic E-state index is 0.164. The number of nitrogens with one attached hydrogen (secondary N) is 1. The third-order valence-electron chi connectivity index (χ3n) is 3.87. The average Bonchev–Trinajstić information content (AvgIpc) is 2.50. The first kappa shape index (κ1) is 14.5. The minimum Gasteiger partial charge on any atom is -0.302 e. The summed E-state index contributed by atoms with van der Waals surface area (Å²) in [5, 5.41) is 3.43. The largest absolute Gasteiger partial charge is 0.302 e. The number of fused-ring (bicyclic) bond motifs is 1. The van der Waals surface area contributed by atoms with E-state index in [2.05, 4.69) is 17.4 Å². The van der Waals surface area contributed by atoms with Gasteiger partial charge in [-0.05, 0) is 24.1 Å². The molecule has 2 atom stereocenters. The normalized spacial score (nSPS) is 19.1. The van der Waals surface area contributed by atoms with Gasteiger partial charge in [-0.25, -0.2) is 8.78 Å². The van der Waals surface area contributed by atoms with Crippen molar-refractivity contribution in [3.05, 3.63) is 70.8 Å². The van der Waals surface area contributed by atoms with Gasteiger partial charge in [0, 0.05) is 29.2 Å². The van der Waals surface area contributed by atoms with E-state index < -0.39 is 11.6 Å². The van der Waals surface area contributed by atoms with Gasteiger partial charge >= 0.3 is 0 Å². The van der Waals surface area contributed by atoms with E-state index in [1.165, 1.54) is 11.1 Å². The number of hydrogen-bond acceptors (Lipinski definition) is 2. The van der Waals surface area contributed by atoms with E-state index in [0.29, 0.717) is 5.56 Å².